The van der Waals surface area contributed by atoms with Gasteiger partial charge in [-0.3, -0.25) is 9.48 Å². The number of amides is 1. The third-order valence-electron chi connectivity index (χ3n) is 2.79. The van der Waals surface area contributed by atoms with E-state index in [9.17, 15) is 4.79 Å². The minimum Gasteiger partial charge on any atom is -0.383 e. The van der Waals surface area contributed by atoms with Gasteiger partial charge in [0.15, 0.2) is 0 Å². The predicted molar refractivity (Wildman–Crippen MR) is 59.5 cm³/mol. The van der Waals surface area contributed by atoms with Crippen LogP contribution >= 0.6 is 0 Å². The van der Waals surface area contributed by atoms with E-state index >= 15 is 0 Å². The van der Waals surface area contributed by atoms with Gasteiger partial charge in [0.2, 0.25) is 0 Å². The van der Waals surface area contributed by atoms with Crippen LogP contribution in [0, 0.1) is 0 Å². The zero-order valence-corrected chi connectivity index (χ0v) is 9.69. The maximum Gasteiger partial charge on any atom is 0.259 e. The van der Waals surface area contributed by atoms with Crippen molar-refractivity contribution < 1.29 is 4.79 Å². The van der Waals surface area contributed by atoms with Crippen molar-refractivity contribution in [3.63, 3.8) is 0 Å². The SMILES string of the molecule is CCC(C)N(C)C(=O)c1cnn(C)c1N. The summed E-state index contributed by atoms with van der Waals surface area (Å²) in [6.07, 6.45) is 2.43. The van der Waals surface area contributed by atoms with Gasteiger partial charge in [0, 0.05) is 20.1 Å². The second-order valence-corrected chi connectivity index (χ2v) is 3.74. The monoisotopic (exact) mass is 210 g/mol. The van der Waals surface area contributed by atoms with E-state index in [2.05, 4.69) is 5.10 Å². The fourth-order valence-electron chi connectivity index (χ4n) is 1.28. The van der Waals surface area contributed by atoms with Crippen molar-refractivity contribution in [2.75, 3.05) is 12.8 Å². The molecule has 1 atom stereocenters. The summed E-state index contributed by atoms with van der Waals surface area (Å²) in [6, 6.07) is 0.206. The van der Waals surface area contributed by atoms with Gasteiger partial charge in [-0.25, -0.2) is 0 Å². The predicted octanol–water partition coefficient (Wildman–Crippen LogP) is 0.873. The summed E-state index contributed by atoms with van der Waals surface area (Å²) in [7, 11) is 3.50. The third kappa shape index (κ3) is 2.11. The van der Waals surface area contributed by atoms with Crippen LogP contribution in [0.15, 0.2) is 6.20 Å². The summed E-state index contributed by atoms with van der Waals surface area (Å²) in [4.78, 5) is 13.7. The van der Waals surface area contributed by atoms with Crippen molar-refractivity contribution in [2.45, 2.75) is 26.3 Å². The molecule has 1 heterocycles. The molecule has 1 aromatic heterocycles. The molecule has 5 nitrogen and oxygen atoms in total. The lowest BCUT2D eigenvalue weighted by atomic mass is 10.2. The second-order valence-electron chi connectivity index (χ2n) is 3.74. The average molecular weight is 210 g/mol. The number of carbonyl (C=O) groups is 1. The first kappa shape index (κ1) is 11.6. The van der Waals surface area contributed by atoms with Crippen molar-refractivity contribution in [3.8, 4) is 0 Å². The number of aromatic nitrogens is 2. The topological polar surface area (TPSA) is 64.2 Å². The average Bonchev–Trinajstić information content (AvgIpc) is 2.56. The summed E-state index contributed by atoms with van der Waals surface area (Å²) in [5, 5.41) is 3.95. The quantitative estimate of drug-likeness (QED) is 0.805. The number of nitrogen functional groups attached to an aromatic ring is 1. The van der Waals surface area contributed by atoms with Crippen molar-refractivity contribution in [1.29, 1.82) is 0 Å². The summed E-state index contributed by atoms with van der Waals surface area (Å²) in [5.41, 5.74) is 6.21. The summed E-state index contributed by atoms with van der Waals surface area (Å²) >= 11 is 0. The molecule has 0 bridgehead atoms. The van der Waals surface area contributed by atoms with E-state index in [-0.39, 0.29) is 11.9 Å². The highest BCUT2D eigenvalue weighted by Gasteiger charge is 2.20. The minimum absolute atomic E-state index is 0.0741. The maximum atomic E-state index is 12.0. The number of nitrogens with two attached hydrogens (primary N) is 1. The van der Waals surface area contributed by atoms with E-state index in [0.717, 1.165) is 6.42 Å². The van der Waals surface area contributed by atoms with Gasteiger partial charge >= 0.3 is 0 Å². The van der Waals surface area contributed by atoms with E-state index in [1.54, 1.807) is 19.0 Å². The normalized spacial score (nSPS) is 12.5. The van der Waals surface area contributed by atoms with Gasteiger partial charge < -0.3 is 10.6 Å². The zero-order chi connectivity index (χ0) is 11.6. The number of aryl methyl sites for hydroxylation is 1. The molecule has 1 rings (SSSR count). The van der Waals surface area contributed by atoms with Crippen molar-refractivity contribution in [1.82, 2.24) is 14.7 Å². The molecule has 0 aliphatic heterocycles. The number of carbonyl (C=O) groups excluding carboxylic acids is 1. The van der Waals surface area contributed by atoms with Gasteiger partial charge in [0.05, 0.1) is 6.20 Å². The Morgan fingerprint density at radius 3 is 2.73 bits per heavy atom. The summed E-state index contributed by atoms with van der Waals surface area (Å²) < 4.78 is 1.50. The van der Waals surface area contributed by atoms with Crippen LogP contribution in [0.4, 0.5) is 5.82 Å². The van der Waals surface area contributed by atoms with Crippen LogP contribution in [0.2, 0.25) is 0 Å². The molecule has 0 aliphatic rings. The Balaban J connectivity index is 2.90. The molecule has 1 aromatic rings. The largest absolute Gasteiger partial charge is 0.383 e. The molecule has 0 radical (unpaired) electrons. The molecule has 0 saturated heterocycles. The highest BCUT2D eigenvalue weighted by Crippen LogP contribution is 2.14. The van der Waals surface area contributed by atoms with E-state index in [1.165, 1.54) is 10.9 Å². The molecule has 15 heavy (non-hydrogen) atoms. The van der Waals surface area contributed by atoms with E-state index in [0.29, 0.717) is 11.4 Å². The van der Waals surface area contributed by atoms with Crippen LogP contribution in [0.3, 0.4) is 0 Å². The number of nitrogens with zero attached hydrogens (tertiary/aromatic N) is 3. The van der Waals surface area contributed by atoms with Gasteiger partial charge in [-0.15, -0.1) is 0 Å². The highest BCUT2D eigenvalue weighted by molar-refractivity contribution is 5.98. The highest BCUT2D eigenvalue weighted by atomic mass is 16.2. The molecule has 84 valence electrons. The Kier molecular flexibility index (Phi) is 3.34. The van der Waals surface area contributed by atoms with Crippen LogP contribution in [0.25, 0.3) is 0 Å². The molecular weight excluding hydrogens is 192 g/mol. The second kappa shape index (κ2) is 4.33. The molecule has 0 fully saturated rings. The van der Waals surface area contributed by atoms with E-state index in [4.69, 9.17) is 5.73 Å². The lowest BCUT2D eigenvalue weighted by Crippen LogP contribution is -2.34. The number of hydrogen-bond donors (Lipinski definition) is 1. The molecule has 2 N–H and O–H groups in total. The van der Waals surface area contributed by atoms with Crippen LogP contribution in [0.5, 0.6) is 0 Å². The van der Waals surface area contributed by atoms with Gasteiger partial charge in [0.25, 0.3) is 5.91 Å². The molecule has 0 spiro atoms. The number of rotatable bonds is 3. The number of anilines is 1. The van der Waals surface area contributed by atoms with Crippen molar-refractivity contribution in [2.24, 2.45) is 7.05 Å². The fourth-order valence-corrected chi connectivity index (χ4v) is 1.28. The Labute approximate surface area is 89.9 Å². The first-order chi connectivity index (χ1) is 6.99. The van der Waals surface area contributed by atoms with Crippen molar-refractivity contribution in [3.05, 3.63) is 11.8 Å². The van der Waals surface area contributed by atoms with Crippen molar-refractivity contribution >= 4 is 11.7 Å². The first-order valence-corrected chi connectivity index (χ1v) is 5.03. The summed E-state index contributed by atoms with van der Waals surface area (Å²) in [6.45, 7) is 4.05. The number of hydrogen-bond acceptors (Lipinski definition) is 3. The zero-order valence-electron chi connectivity index (χ0n) is 9.69. The Bertz CT molecular complexity index is 358. The first-order valence-electron chi connectivity index (χ1n) is 5.03. The fraction of sp³-hybridized carbons (Fsp3) is 0.600. The molecule has 0 saturated carbocycles. The molecule has 1 amide bonds. The lowest BCUT2D eigenvalue weighted by molar-refractivity contribution is 0.0741. The lowest BCUT2D eigenvalue weighted by Gasteiger charge is -2.23. The molecule has 5 heteroatoms. The van der Waals surface area contributed by atoms with E-state index < -0.39 is 0 Å². The molecule has 1 unspecified atom stereocenters. The Morgan fingerprint density at radius 1 is 1.73 bits per heavy atom. The van der Waals surface area contributed by atoms with Gasteiger partial charge in [-0.05, 0) is 13.3 Å². The van der Waals surface area contributed by atoms with E-state index in [1.807, 2.05) is 13.8 Å². The van der Waals surface area contributed by atoms with Crippen LogP contribution in [-0.4, -0.2) is 33.7 Å². The van der Waals surface area contributed by atoms with Crippen LogP contribution in [0.1, 0.15) is 30.6 Å². The minimum atomic E-state index is -0.0741. The van der Waals surface area contributed by atoms with Crippen LogP contribution in [-0.2, 0) is 7.05 Å². The molecule has 0 aliphatic carbocycles. The smallest absolute Gasteiger partial charge is 0.259 e. The Hall–Kier alpha value is -1.52. The molecule has 0 aromatic carbocycles. The van der Waals surface area contributed by atoms with Crippen LogP contribution < -0.4 is 5.73 Å². The maximum absolute atomic E-state index is 12.0. The van der Waals surface area contributed by atoms with Gasteiger partial charge in [0.1, 0.15) is 11.4 Å². The summed E-state index contributed by atoms with van der Waals surface area (Å²) in [5.74, 6) is 0.338. The van der Waals surface area contributed by atoms with Gasteiger partial charge in [-0.1, -0.05) is 6.92 Å². The molecular formula is C10H18N4O. The standard InChI is InChI=1S/C10H18N4O/c1-5-7(2)13(3)10(15)8-6-12-14(4)9(8)11/h6-7H,5,11H2,1-4H3. The van der Waals surface area contributed by atoms with Gasteiger partial charge in [-0.2, -0.15) is 5.10 Å². The Morgan fingerprint density at radius 2 is 2.33 bits per heavy atom. The third-order valence-corrected chi connectivity index (χ3v) is 2.79.